The van der Waals surface area contributed by atoms with Crippen molar-refractivity contribution in [3.05, 3.63) is 64.7 Å². The van der Waals surface area contributed by atoms with Gasteiger partial charge in [0, 0.05) is 13.7 Å². The summed E-state index contributed by atoms with van der Waals surface area (Å²) in [6.45, 7) is 1.03. The highest BCUT2D eigenvalue weighted by Gasteiger charge is 2.04. The molecule has 0 atom stereocenters. The summed E-state index contributed by atoms with van der Waals surface area (Å²) >= 11 is 5.98. The van der Waals surface area contributed by atoms with Gasteiger partial charge in [-0.25, -0.2) is 4.79 Å². The molecule has 0 bridgehead atoms. The van der Waals surface area contributed by atoms with Gasteiger partial charge in [0.15, 0.2) is 0 Å². The molecular formula is C16H17ClN2O2. The van der Waals surface area contributed by atoms with Gasteiger partial charge in [0.25, 0.3) is 0 Å². The van der Waals surface area contributed by atoms with E-state index < -0.39 is 0 Å². The first-order valence-electron chi connectivity index (χ1n) is 6.55. The summed E-state index contributed by atoms with van der Waals surface area (Å²) in [7, 11) is 1.66. The summed E-state index contributed by atoms with van der Waals surface area (Å²) in [5.41, 5.74) is 2.71. The molecule has 4 nitrogen and oxygen atoms in total. The number of hydrogen-bond acceptors (Lipinski definition) is 2. The van der Waals surface area contributed by atoms with E-state index in [4.69, 9.17) is 16.3 Å². The van der Waals surface area contributed by atoms with E-state index in [1.807, 2.05) is 36.4 Å². The molecule has 5 heteroatoms. The lowest BCUT2D eigenvalue weighted by Crippen LogP contribution is -2.28. The summed E-state index contributed by atoms with van der Waals surface area (Å²) in [5.74, 6) is 0. The number of hydrogen-bond donors (Lipinski definition) is 2. The summed E-state index contributed by atoms with van der Waals surface area (Å²) in [4.78, 5) is 11.8. The van der Waals surface area contributed by atoms with Crippen LogP contribution in [0.2, 0.25) is 5.02 Å². The standard InChI is InChI=1S/C16H17ClN2O2/c1-21-11-13-8-6-12(7-9-13)10-18-16(20)19-15-5-3-2-4-14(15)17/h2-9H,10-11H2,1H3,(H2,18,19,20). The second kappa shape index (κ2) is 7.67. The van der Waals surface area contributed by atoms with Crippen molar-refractivity contribution < 1.29 is 9.53 Å². The van der Waals surface area contributed by atoms with E-state index in [1.54, 1.807) is 19.2 Å². The lowest BCUT2D eigenvalue weighted by atomic mass is 10.1. The number of nitrogens with one attached hydrogen (secondary N) is 2. The smallest absolute Gasteiger partial charge is 0.319 e. The van der Waals surface area contributed by atoms with Crippen LogP contribution >= 0.6 is 11.6 Å². The molecule has 0 saturated carbocycles. The minimum absolute atomic E-state index is 0.288. The maximum absolute atomic E-state index is 11.8. The van der Waals surface area contributed by atoms with E-state index in [2.05, 4.69) is 10.6 Å². The largest absolute Gasteiger partial charge is 0.380 e. The number of carbonyl (C=O) groups is 1. The molecule has 2 rings (SSSR count). The molecule has 0 aliphatic carbocycles. The first-order chi connectivity index (χ1) is 10.2. The molecule has 0 spiro atoms. The van der Waals surface area contributed by atoms with Crippen molar-refractivity contribution in [3.8, 4) is 0 Å². The zero-order valence-corrected chi connectivity index (χ0v) is 12.5. The van der Waals surface area contributed by atoms with Gasteiger partial charge in [-0.1, -0.05) is 48.0 Å². The van der Waals surface area contributed by atoms with Crippen LogP contribution in [0, 0.1) is 0 Å². The molecule has 0 radical (unpaired) electrons. The third kappa shape index (κ3) is 4.77. The van der Waals surface area contributed by atoms with Gasteiger partial charge in [0.1, 0.15) is 0 Å². The predicted molar refractivity (Wildman–Crippen MR) is 84.5 cm³/mol. The van der Waals surface area contributed by atoms with Crippen LogP contribution in [0.1, 0.15) is 11.1 Å². The van der Waals surface area contributed by atoms with Crippen LogP contribution in [0.5, 0.6) is 0 Å². The molecular weight excluding hydrogens is 288 g/mol. The predicted octanol–water partition coefficient (Wildman–Crippen LogP) is 3.81. The van der Waals surface area contributed by atoms with Crippen molar-refractivity contribution in [2.45, 2.75) is 13.2 Å². The summed E-state index contributed by atoms with van der Waals surface area (Å²) in [6, 6.07) is 14.7. The Bertz CT molecular complexity index is 599. The summed E-state index contributed by atoms with van der Waals surface area (Å²) in [5, 5.41) is 6.01. The fourth-order valence-electron chi connectivity index (χ4n) is 1.83. The average molecular weight is 305 g/mol. The molecule has 2 aromatic carbocycles. The van der Waals surface area contributed by atoms with E-state index in [1.165, 1.54) is 0 Å². The summed E-state index contributed by atoms with van der Waals surface area (Å²) in [6.07, 6.45) is 0. The van der Waals surface area contributed by atoms with Gasteiger partial charge in [-0.15, -0.1) is 0 Å². The third-order valence-corrected chi connectivity index (χ3v) is 3.24. The van der Waals surface area contributed by atoms with Crippen LogP contribution in [0.15, 0.2) is 48.5 Å². The Labute approximate surface area is 129 Å². The maximum Gasteiger partial charge on any atom is 0.319 e. The number of anilines is 1. The molecule has 0 aromatic heterocycles. The van der Waals surface area contributed by atoms with E-state index >= 15 is 0 Å². The molecule has 2 N–H and O–H groups in total. The Morgan fingerprint density at radius 1 is 1.10 bits per heavy atom. The monoisotopic (exact) mass is 304 g/mol. The van der Waals surface area contributed by atoms with Crippen LogP contribution < -0.4 is 10.6 Å². The Balaban J connectivity index is 1.85. The Morgan fingerprint density at radius 2 is 1.76 bits per heavy atom. The lowest BCUT2D eigenvalue weighted by Gasteiger charge is -2.09. The SMILES string of the molecule is COCc1ccc(CNC(=O)Nc2ccccc2Cl)cc1. The van der Waals surface area contributed by atoms with Gasteiger partial charge in [-0.05, 0) is 23.3 Å². The molecule has 0 aliphatic rings. The Hall–Kier alpha value is -2.04. The first kappa shape index (κ1) is 15.4. The van der Waals surface area contributed by atoms with Gasteiger partial charge < -0.3 is 15.4 Å². The van der Waals surface area contributed by atoms with E-state index in [0.717, 1.165) is 11.1 Å². The molecule has 0 unspecified atom stereocenters. The quantitative estimate of drug-likeness (QED) is 0.882. The number of halogens is 1. The Morgan fingerprint density at radius 3 is 2.43 bits per heavy atom. The van der Waals surface area contributed by atoms with Crippen LogP contribution in [0.3, 0.4) is 0 Å². The average Bonchev–Trinajstić information content (AvgIpc) is 2.49. The van der Waals surface area contributed by atoms with Crippen molar-refractivity contribution in [2.75, 3.05) is 12.4 Å². The second-order valence-electron chi connectivity index (χ2n) is 4.54. The van der Waals surface area contributed by atoms with E-state index in [9.17, 15) is 4.79 Å². The van der Waals surface area contributed by atoms with Gasteiger partial charge in [0.2, 0.25) is 0 Å². The second-order valence-corrected chi connectivity index (χ2v) is 4.94. The maximum atomic E-state index is 11.8. The number of ether oxygens (including phenoxy) is 1. The molecule has 2 aromatic rings. The molecule has 0 saturated heterocycles. The zero-order chi connectivity index (χ0) is 15.1. The highest BCUT2D eigenvalue weighted by Crippen LogP contribution is 2.20. The summed E-state index contributed by atoms with van der Waals surface area (Å²) < 4.78 is 5.05. The van der Waals surface area contributed by atoms with E-state index in [-0.39, 0.29) is 6.03 Å². The highest BCUT2D eigenvalue weighted by atomic mass is 35.5. The van der Waals surface area contributed by atoms with Gasteiger partial charge in [-0.2, -0.15) is 0 Å². The minimum atomic E-state index is -0.288. The van der Waals surface area contributed by atoms with Gasteiger partial charge >= 0.3 is 6.03 Å². The van der Waals surface area contributed by atoms with Crippen molar-refractivity contribution in [3.63, 3.8) is 0 Å². The van der Waals surface area contributed by atoms with Crippen LogP contribution in [-0.2, 0) is 17.9 Å². The lowest BCUT2D eigenvalue weighted by molar-refractivity contribution is 0.185. The number of urea groups is 1. The Kier molecular flexibility index (Phi) is 5.60. The van der Waals surface area contributed by atoms with Crippen molar-refractivity contribution in [1.29, 1.82) is 0 Å². The molecule has 0 heterocycles. The number of para-hydroxylation sites is 1. The normalized spacial score (nSPS) is 10.2. The van der Waals surface area contributed by atoms with Crippen molar-refractivity contribution in [1.82, 2.24) is 5.32 Å². The van der Waals surface area contributed by atoms with Crippen molar-refractivity contribution in [2.24, 2.45) is 0 Å². The number of rotatable bonds is 5. The first-order valence-corrected chi connectivity index (χ1v) is 6.93. The van der Waals surface area contributed by atoms with Crippen LogP contribution in [-0.4, -0.2) is 13.1 Å². The number of amides is 2. The van der Waals surface area contributed by atoms with Crippen LogP contribution in [0.4, 0.5) is 10.5 Å². The minimum Gasteiger partial charge on any atom is -0.380 e. The molecule has 110 valence electrons. The fraction of sp³-hybridized carbons (Fsp3) is 0.188. The number of methoxy groups -OCH3 is 1. The number of carbonyl (C=O) groups excluding carboxylic acids is 1. The molecule has 0 aliphatic heterocycles. The topological polar surface area (TPSA) is 50.4 Å². The molecule has 0 fully saturated rings. The number of benzene rings is 2. The molecule has 21 heavy (non-hydrogen) atoms. The van der Waals surface area contributed by atoms with Gasteiger partial charge in [0.05, 0.1) is 17.3 Å². The van der Waals surface area contributed by atoms with Crippen molar-refractivity contribution >= 4 is 23.3 Å². The third-order valence-electron chi connectivity index (χ3n) is 2.91. The highest BCUT2D eigenvalue weighted by molar-refractivity contribution is 6.33. The van der Waals surface area contributed by atoms with Crippen LogP contribution in [0.25, 0.3) is 0 Å². The van der Waals surface area contributed by atoms with E-state index in [0.29, 0.717) is 23.9 Å². The molecule has 2 amide bonds. The zero-order valence-electron chi connectivity index (χ0n) is 11.7. The fourth-order valence-corrected chi connectivity index (χ4v) is 2.01. The van der Waals surface area contributed by atoms with Gasteiger partial charge in [-0.3, -0.25) is 0 Å².